The average Bonchev–Trinajstić information content (AvgIpc) is 2.75. The second-order valence-electron chi connectivity index (χ2n) is 4.95. The summed E-state index contributed by atoms with van der Waals surface area (Å²) in [7, 11) is 0. The SMILES string of the molecule is CC(C)NCC1CCOC1c1ccc(Br)cc1. The Morgan fingerprint density at radius 3 is 2.71 bits per heavy atom. The molecule has 17 heavy (non-hydrogen) atoms. The van der Waals surface area contributed by atoms with Gasteiger partial charge in [0.1, 0.15) is 0 Å². The first-order chi connectivity index (χ1) is 8.16. The molecular weight excluding hydrogens is 278 g/mol. The molecule has 0 spiro atoms. The summed E-state index contributed by atoms with van der Waals surface area (Å²) in [6.07, 6.45) is 1.41. The van der Waals surface area contributed by atoms with Gasteiger partial charge in [0, 0.05) is 29.6 Å². The van der Waals surface area contributed by atoms with Crippen LogP contribution in [0.3, 0.4) is 0 Å². The van der Waals surface area contributed by atoms with E-state index in [1.807, 2.05) is 0 Å². The molecule has 0 aromatic heterocycles. The molecule has 1 N–H and O–H groups in total. The summed E-state index contributed by atoms with van der Waals surface area (Å²) >= 11 is 3.47. The molecule has 0 aliphatic carbocycles. The number of benzene rings is 1. The van der Waals surface area contributed by atoms with Crippen LogP contribution in [-0.4, -0.2) is 19.2 Å². The summed E-state index contributed by atoms with van der Waals surface area (Å²) in [6, 6.07) is 9.03. The van der Waals surface area contributed by atoms with E-state index in [-0.39, 0.29) is 6.10 Å². The van der Waals surface area contributed by atoms with E-state index in [9.17, 15) is 0 Å². The molecule has 0 saturated carbocycles. The van der Waals surface area contributed by atoms with Gasteiger partial charge in [0.25, 0.3) is 0 Å². The van der Waals surface area contributed by atoms with Gasteiger partial charge in [-0.15, -0.1) is 0 Å². The minimum atomic E-state index is 0.259. The summed E-state index contributed by atoms with van der Waals surface area (Å²) in [5, 5.41) is 3.51. The van der Waals surface area contributed by atoms with Crippen molar-refractivity contribution in [2.45, 2.75) is 32.4 Å². The van der Waals surface area contributed by atoms with Crippen LogP contribution in [-0.2, 0) is 4.74 Å². The molecule has 1 fully saturated rings. The second-order valence-corrected chi connectivity index (χ2v) is 5.87. The van der Waals surface area contributed by atoms with Gasteiger partial charge in [-0.25, -0.2) is 0 Å². The Hall–Kier alpha value is -0.380. The third kappa shape index (κ3) is 3.54. The Kier molecular flexibility index (Phi) is 4.60. The summed E-state index contributed by atoms with van der Waals surface area (Å²) in [5.41, 5.74) is 1.29. The minimum absolute atomic E-state index is 0.259. The van der Waals surface area contributed by atoms with Crippen molar-refractivity contribution in [3.05, 3.63) is 34.3 Å². The number of nitrogens with one attached hydrogen (secondary N) is 1. The Morgan fingerprint density at radius 2 is 2.06 bits per heavy atom. The lowest BCUT2D eigenvalue weighted by Gasteiger charge is -2.20. The van der Waals surface area contributed by atoms with Gasteiger partial charge in [0.05, 0.1) is 6.10 Å². The molecule has 2 rings (SSSR count). The molecule has 1 aliphatic rings. The number of hydrogen-bond donors (Lipinski definition) is 1. The molecule has 1 heterocycles. The van der Waals surface area contributed by atoms with Crippen LogP contribution in [0.15, 0.2) is 28.7 Å². The fourth-order valence-corrected chi connectivity index (χ4v) is 2.52. The van der Waals surface area contributed by atoms with Crippen molar-refractivity contribution in [2.24, 2.45) is 5.92 Å². The van der Waals surface area contributed by atoms with Gasteiger partial charge in [0.2, 0.25) is 0 Å². The van der Waals surface area contributed by atoms with Gasteiger partial charge in [-0.3, -0.25) is 0 Å². The molecule has 0 radical (unpaired) electrons. The maximum atomic E-state index is 5.87. The zero-order valence-corrected chi connectivity index (χ0v) is 12.0. The molecule has 1 aromatic rings. The lowest BCUT2D eigenvalue weighted by atomic mass is 9.95. The standard InChI is InChI=1S/C14H20BrNO/c1-10(2)16-9-12-7-8-17-14(12)11-3-5-13(15)6-4-11/h3-6,10,12,14,16H,7-9H2,1-2H3. The highest BCUT2D eigenvalue weighted by Crippen LogP contribution is 2.34. The number of ether oxygens (including phenoxy) is 1. The Bertz CT molecular complexity index is 350. The average molecular weight is 298 g/mol. The van der Waals surface area contributed by atoms with Gasteiger partial charge in [0.15, 0.2) is 0 Å². The molecule has 2 unspecified atom stereocenters. The summed E-state index contributed by atoms with van der Waals surface area (Å²) in [5.74, 6) is 0.596. The Labute approximate surface area is 112 Å². The van der Waals surface area contributed by atoms with Crippen LogP contribution in [0, 0.1) is 5.92 Å². The zero-order valence-electron chi connectivity index (χ0n) is 10.4. The summed E-state index contributed by atoms with van der Waals surface area (Å²) in [4.78, 5) is 0. The highest BCUT2D eigenvalue weighted by atomic mass is 79.9. The van der Waals surface area contributed by atoms with E-state index in [4.69, 9.17) is 4.74 Å². The first-order valence-electron chi connectivity index (χ1n) is 6.27. The summed E-state index contributed by atoms with van der Waals surface area (Å²) in [6.45, 7) is 6.29. The lowest BCUT2D eigenvalue weighted by Crippen LogP contribution is -2.30. The number of hydrogen-bond acceptors (Lipinski definition) is 2. The molecule has 1 aromatic carbocycles. The van der Waals surface area contributed by atoms with Crippen molar-refractivity contribution in [1.29, 1.82) is 0 Å². The van der Waals surface area contributed by atoms with Crippen LogP contribution >= 0.6 is 15.9 Å². The molecule has 0 amide bonds. The van der Waals surface area contributed by atoms with E-state index in [0.29, 0.717) is 12.0 Å². The maximum Gasteiger partial charge on any atom is 0.0866 e. The summed E-state index contributed by atoms with van der Waals surface area (Å²) < 4.78 is 6.99. The third-order valence-electron chi connectivity index (χ3n) is 3.20. The largest absolute Gasteiger partial charge is 0.373 e. The van der Waals surface area contributed by atoms with Crippen LogP contribution in [0.1, 0.15) is 31.9 Å². The topological polar surface area (TPSA) is 21.3 Å². The van der Waals surface area contributed by atoms with Crippen molar-refractivity contribution in [1.82, 2.24) is 5.32 Å². The normalized spacial score (nSPS) is 24.5. The van der Waals surface area contributed by atoms with Crippen molar-refractivity contribution in [2.75, 3.05) is 13.2 Å². The predicted octanol–water partition coefficient (Wildman–Crippen LogP) is 3.52. The van der Waals surface area contributed by atoms with E-state index in [0.717, 1.165) is 24.0 Å². The lowest BCUT2D eigenvalue weighted by molar-refractivity contribution is 0.0901. The maximum absolute atomic E-state index is 5.87. The smallest absolute Gasteiger partial charge is 0.0866 e. The van der Waals surface area contributed by atoms with E-state index >= 15 is 0 Å². The zero-order chi connectivity index (χ0) is 12.3. The second kappa shape index (κ2) is 5.98. The third-order valence-corrected chi connectivity index (χ3v) is 3.73. The quantitative estimate of drug-likeness (QED) is 0.918. The molecular formula is C14H20BrNO. The first kappa shape index (κ1) is 13.1. The number of halogens is 1. The van der Waals surface area contributed by atoms with Crippen LogP contribution < -0.4 is 5.32 Å². The fourth-order valence-electron chi connectivity index (χ4n) is 2.25. The van der Waals surface area contributed by atoms with E-state index in [2.05, 4.69) is 59.4 Å². The van der Waals surface area contributed by atoms with Crippen molar-refractivity contribution >= 4 is 15.9 Å². The van der Waals surface area contributed by atoms with Gasteiger partial charge in [-0.1, -0.05) is 41.9 Å². The van der Waals surface area contributed by atoms with Crippen molar-refractivity contribution in [3.8, 4) is 0 Å². The van der Waals surface area contributed by atoms with E-state index in [1.165, 1.54) is 5.56 Å². The molecule has 94 valence electrons. The van der Waals surface area contributed by atoms with E-state index in [1.54, 1.807) is 0 Å². The first-order valence-corrected chi connectivity index (χ1v) is 7.06. The van der Waals surface area contributed by atoms with Gasteiger partial charge in [-0.2, -0.15) is 0 Å². The van der Waals surface area contributed by atoms with Crippen LogP contribution in [0.25, 0.3) is 0 Å². The minimum Gasteiger partial charge on any atom is -0.373 e. The predicted molar refractivity (Wildman–Crippen MR) is 74.1 cm³/mol. The Balaban J connectivity index is 2.01. The van der Waals surface area contributed by atoms with Crippen LogP contribution in [0.5, 0.6) is 0 Å². The molecule has 3 heteroatoms. The van der Waals surface area contributed by atoms with E-state index < -0.39 is 0 Å². The molecule has 0 bridgehead atoms. The highest BCUT2D eigenvalue weighted by Gasteiger charge is 2.29. The molecule has 1 aliphatic heterocycles. The Morgan fingerprint density at radius 1 is 1.35 bits per heavy atom. The number of rotatable bonds is 4. The van der Waals surface area contributed by atoms with Gasteiger partial charge < -0.3 is 10.1 Å². The molecule has 2 nitrogen and oxygen atoms in total. The molecule has 1 saturated heterocycles. The highest BCUT2D eigenvalue weighted by molar-refractivity contribution is 9.10. The van der Waals surface area contributed by atoms with Gasteiger partial charge in [-0.05, 0) is 24.1 Å². The molecule has 2 atom stereocenters. The van der Waals surface area contributed by atoms with Crippen molar-refractivity contribution < 1.29 is 4.74 Å². The monoisotopic (exact) mass is 297 g/mol. The fraction of sp³-hybridized carbons (Fsp3) is 0.571. The van der Waals surface area contributed by atoms with Crippen LogP contribution in [0.2, 0.25) is 0 Å². The van der Waals surface area contributed by atoms with Crippen molar-refractivity contribution in [3.63, 3.8) is 0 Å². The van der Waals surface area contributed by atoms with Gasteiger partial charge >= 0.3 is 0 Å². The van der Waals surface area contributed by atoms with Crippen LogP contribution in [0.4, 0.5) is 0 Å².